The molecule has 1 rings (SSSR count). The van der Waals surface area contributed by atoms with E-state index in [-0.39, 0.29) is 5.97 Å². The Hall–Kier alpha value is -1.55. The number of esters is 1. The standard InChI is InChI=1S/C12H17NO3/c1-4-16-10-8-6-5-7-9(10)11(13-2)12(14)15-3/h5-8,11,13H,4H2,1-3H3. The Morgan fingerprint density at radius 2 is 2.12 bits per heavy atom. The summed E-state index contributed by atoms with van der Waals surface area (Å²) in [6.45, 7) is 2.47. The number of benzene rings is 1. The minimum absolute atomic E-state index is 0.324. The number of likely N-dealkylation sites (N-methyl/N-ethyl adjacent to an activating group) is 1. The van der Waals surface area contributed by atoms with E-state index in [1.165, 1.54) is 7.11 Å². The summed E-state index contributed by atoms with van der Waals surface area (Å²) in [6.07, 6.45) is 0. The summed E-state index contributed by atoms with van der Waals surface area (Å²) in [4.78, 5) is 11.6. The molecule has 88 valence electrons. The van der Waals surface area contributed by atoms with Gasteiger partial charge in [-0.1, -0.05) is 18.2 Å². The fourth-order valence-corrected chi connectivity index (χ4v) is 1.52. The fraction of sp³-hybridized carbons (Fsp3) is 0.417. The van der Waals surface area contributed by atoms with Gasteiger partial charge in [0.15, 0.2) is 0 Å². The van der Waals surface area contributed by atoms with Crippen LogP contribution in [0.2, 0.25) is 0 Å². The average molecular weight is 223 g/mol. The van der Waals surface area contributed by atoms with Crippen LogP contribution in [-0.4, -0.2) is 26.7 Å². The summed E-state index contributed by atoms with van der Waals surface area (Å²) in [5.74, 6) is 0.379. The lowest BCUT2D eigenvalue weighted by Crippen LogP contribution is -2.27. The number of hydrogen-bond donors (Lipinski definition) is 1. The molecule has 0 saturated heterocycles. The Kier molecular flexibility index (Phi) is 4.79. The van der Waals surface area contributed by atoms with Crippen molar-refractivity contribution in [2.45, 2.75) is 13.0 Å². The van der Waals surface area contributed by atoms with Gasteiger partial charge in [-0.25, -0.2) is 4.79 Å². The molecule has 0 saturated carbocycles. The lowest BCUT2D eigenvalue weighted by atomic mass is 10.1. The zero-order valence-corrected chi connectivity index (χ0v) is 9.82. The van der Waals surface area contributed by atoms with Crippen LogP contribution >= 0.6 is 0 Å². The fourth-order valence-electron chi connectivity index (χ4n) is 1.52. The topological polar surface area (TPSA) is 47.6 Å². The Morgan fingerprint density at radius 1 is 1.44 bits per heavy atom. The number of nitrogens with one attached hydrogen (secondary N) is 1. The Bertz CT molecular complexity index is 352. The summed E-state index contributed by atoms with van der Waals surface area (Å²) in [5, 5.41) is 2.91. The normalized spacial score (nSPS) is 11.9. The van der Waals surface area contributed by atoms with Crippen LogP contribution in [0.3, 0.4) is 0 Å². The summed E-state index contributed by atoms with van der Waals surface area (Å²) in [7, 11) is 3.08. The van der Waals surface area contributed by atoms with E-state index in [4.69, 9.17) is 9.47 Å². The lowest BCUT2D eigenvalue weighted by molar-refractivity contribution is -0.143. The van der Waals surface area contributed by atoms with E-state index < -0.39 is 6.04 Å². The SMILES string of the molecule is CCOc1ccccc1C(NC)C(=O)OC. The van der Waals surface area contributed by atoms with Gasteiger partial charge in [0.1, 0.15) is 11.8 Å². The van der Waals surface area contributed by atoms with Gasteiger partial charge in [0.05, 0.1) is 13.7 Å². The monoisotopic (exact) mass is 223 g/mol. The van der Waals surface area contributed by atoms with Gasteiger partial charge in [-0.3, -0.25) is 0 Å². The molecule has 4 nitrogen and oxygen atoms in total. The summed E-state index contributed by atoms with van der Waals surface area (Å²) < 4.78 is 10.2. The molecule has 0 fully saturated rings. The first-order valence-electron chi connectivity index (χ1n) is 5.21. The minimum Gasteiger partial charge on any atom is -0.494 e. The largest absolute Gasteiger partial charge is 0.494 e. The molecule has 1 unspecified atom stereocenters. The number of methoxy groups -OCH3 is 1. The summed E-state index contributed by atoms with van der Waals surface area (Å²) >= 11 is 0. The molecule has 0 aromatic heterocycles. The molecule has 1 aromatic carbocycles. The molecule has 0 radical (unpaired) electrons. The molecule has 0 bridgehead atoms. The van der Waals surface area contributed by atoms with Crippen molar-refractivity contribution in [2.24, 2.45) is 0 Å². The number of carbonyl (C=O) groups excluding carboxylic acids is 1. The molecular weight excluding hydrogens is 206 g/mol. The lowest BCUT2D eigenvalue weighted by Gasteiger charge is -2.17. The van der Waals surface area contributed by atoms with Crippen molar-refractivity contribution in [3.8, 4) is 5.75 Å². The highest BCUT2D eigenvalue weighted by atomic mass is 16.5. The van der Waals surface area contributed by atoms with Crippen LogP contribution < -0.4 is 10.1 Å². The van der Waals surface area contributed by atoms with Crippen LogP contribution in [-0.2, 0) is 9.53 Å². The molecule has 0 amide bonds. The summed E-state index contributed by atoms with van der Waals surface area (Å²) in [6, 6.07) is 6.94. The molecule has 16 heavy (non-hydrogen) atoms. The third kappa shape index (κ3) is 2.73. The van der Waals surface area contributed by atoms with Gasteiger partial charge in [-0.2, -0.15) is 0 Å². The Labute approximate surface area is 95.6 Å². The third-order valence-electron chi connectivity index (χ3n) is 2.26. The van der Waals surface area contributed by atoms with Gasteiger partial charge in [-0.15, -0.1) is 0 Å². The first-order chi connectivity index (χ1) is 7.74. The van der Waals surface area contributed by atoms with Crippen LogP contribution in [0, 0.1) is 0 Å². The molecule has 4 heteroatoms. The maximum absolute atomic E-state index is 11.6. The van der Waals surface area contributed by atoms with Crippen molar-refractivity contribution >= 4 is 5.97 Å². The van der Waals surface area contributed by atoms with Crippen molar-refractivity contribution in [1.82, 2.24) is 5.32 Å². The van der Waals surface area contributed by atoms with Crippen LogP contribution in [0.15, 0.2) is 24.3 Å². The van der Waals surface area contributed by atoms with Crippen molar-refractivity contribution in [1.29, 1.82) is 0 Å². The van der Waals surface area contributed by atoms with Crippen LogP contribution in [0.5, 0.6) is 5.75 Å². The van der Waals surface area contributed by atoms with Gasteiger partial charge in [0.25, 0.3) is 0 Å². The van der Waals surface area contributed by atoms with Crippen molar-refractivity contribution in [3.63, 3.8) is 0 Å². The quantitative estimate of drug-likeness (QED) is 0.769. The highest BCUT2D eigenvalue weighted by Crippen LogP contribution is 2.25. The smallest absolute Gasteiger partial charge is 0.327 e. The van der Waals surface area contributed by atoms with E-state index >= 15 is 0 Å². The second-order valence-electron chi connectivity index (χ2n) is 3.22. The predicted octanol–water partition coefficient (Wildman–Crippen LogP) is 1.52. The minimum atomic E-state index is -0.493. The molecule has 0 heterocycles. The van der Waals surface area contributed by atoms with E-state index in [0.29, 0.717) is 12.4 Å². The molecule has 1 atom stereocenters. The second-order valence-corrected chi connectivity index (χ2v) is 3.22. The molecular formula is C12H17NO3. The van der Waals surface area contributed by atoms with Gasteiger partial charge >= 0.3 is 5.97 Å². The highest BCUT2D eigenvalue weighted by Gasteiger charge is 2.22. The first-order valence-corrected chi connectivity index (χ1v) is 5.21. The molecule has 1 N–H and O–H groups in total. The van der Waals surface area contributed by atoms with Crippen LogP contribution in [0.4, 0.5) is 0 Å². The van der Waals surface area contributed by atoms with Gasteiger partial charge in [0, 0.05) is 5.56 Å². The zero-order chi connectivity index (χ0) is 12.0. The van der Waals surface area contributed by atoms with E-state index in [9.17, 15) is 4.79 Å². The zero-order valence-electron chi connectivity index (χ0n) is 9.82. The number of ether oxygens (including phenoxy) is 2. The van der Waals surface area contributed by atoms with E-state index in [1.54, 1.807) is 7.05 Å². The van der Waals surface area contributed by atoms with Gasteiger partial charge in [0.2, 0.25) is 0 Å². The molecule has 0 aliphatic carbocycles. The highest BCUT2D eigenvalue weighted by molar-refractivity contribution is 5.78. The van der Waals surface area contributed by atoms with Gasteiger partial charge < -0.3 is 14.8 Å². The van der Waals surface area contributed by atoms with Gasteiger partial charge in [-0.05, 0) is 20.0 Å². The molecule has 1 aromatic rings. The maximum Gasteiger partial charge on any atom is 0.327 e. The maximum atomic E-state index is 11.6. The number of para-hydroxylation sites is 1. The van der Waals surface area contributed by atoms with Crippen molar-refractivity contribution in [2.75, 3.05) is 20.8 Å². The number of carbonyl (C=O) groups is 1. The second kappa shape index (κ2) is 6.12. The molecule has 0 spiro atoms. The van der Waals surface area contributed by atoms with E-state index in [0.717, 1.165) is 5.56 Å². The average Bonchev–Trinajstić information content (AvgIpc) is 2.32. The van der Waals surface area contributed by atoms with E-state index in [2.05, 4.69) is 5.32 Å². The number of hydrogen-bond acceptors (Lipinski definition) is 4. The molecule has 0 aliphatic rings. The predicted molar refractivity (Wildman–Crippen MR) is 61.4 cm³/mol. The Balaban J connectivity index is 3.03. The Morgan fingerprint density at radius 3 is 2.69 bits per heavy atom. The third-order valence-corrected chi connectivity index (χ3v) is 2.26. The summed E-state index contributed by atoms with van der Waals surface area (Å²) in [5.41, 5.74) is 0.790. The van der Waals surface area contributed by atoms with Crippen LogP contribution in [0.25, 0.3) is 0 Å². The molecule has 0 aliphatic heterocycles. The van der Waals surface area contributed by atoms with Crippen molar-refractivity contribution < 1.29 is 14.3 Å². The van der Waals surface area contributed by atoms with Crippen molar-refractivity contribution in [3.05, 3.63) is 29.8 Å². The number of rotatable bonds is 5. The van der Waals surface area contributed by atoms with Crippen LogP contribution in [0.1, 0.15) is 18.5 Å². The first kappa shape index (κ1) is 12.5. The van der Waals surface area contributed by atoms with E-state index in [1.807, 2.05) is 31.2 Å².